The van der Waals surface area contributed by atoms with Gasteiger partial charge in [0, 0.05) is 38.3 Å². The van der Waals surface area contributed by atoms with E-state index in [-0.39, 0.29) is 11.8 Å². The highest BCUT2D eigenvalue weighted by Gasteiger charge is 1.98. The van der Waals surface area contributed by atoms with Crippen LogP contribution in [-0.4, -0.2) is 25.4 Å². The number of amides is 2. The third-order valence-corrected chi connectivity index (χ3v) is 2.17. The summed E-state index contributed by atoms with van der Waals surface area (Å²) < 4.78 is 0. The van der Waals surface area contributed by atoms with Gasteiger partial charge in [-0.15, -0.1) is 0 Å². The number of anilines is 2. The van der Waals surface area contributed by atoms with E-state index in [0.29, 0.717) is 13.0 Å². The molecule has 2 amide bonds. The number of hydrogen-bond donors (Lipinski definition) is 3. The number of nitrogens with one attached hydrogen (secondary N) is 3. The fourth-order valence-corrected chi connectivity index (χ4v) is 1.32. The zero-order valence-corrected chi connectivity index (χ0v) is 10.0. The molecule has 0 aliphatic carbocycles. The van der Waals surface area contributed by atoms with Crippen molar-refractivity contribution in [2.45, 2.75) is 13.3 Å². The van der Waals surface area contributed by atoms with Gasteiger partial charge in [0.25, 0.3) is 0 Å². The van der Waals surface area contributed by atoms with E-state index in [0.717, 1.165) is 11.4 Å². The molecule has 0 unspecified atom stereocenters. The Kier molecular flexibility index (Phi) is 5.00. The normalized spacial score (nSPS) is 9.53. The van der Waals surface area contributed by atoms with Crippen molar-refractivity contribution >= 4 is 23.2 Å². The SMILES string of the molecule is CNC(=O)CCNc1ccc(NC(C)=O)cc1. The first-order valence-electron chi connectivity index (χ1n) is 5.44. The summed E-state index contributed by atoms with van der Waals surface area (Å²) in [6, 6.07) is 7.33. The van der Waals surface area contributed by atoms with Gasteiger partial charge < -0.3 is 16.0 Å². The Labute approximate surface area is 101 Å². The molecule has 0 bridgehead atoms. The number of carbonyl (C=O) groups is 2. The van der Waals surface area contributed by atoms with Gasteiger partial charge >= 0.3 is 0 Å². The van der Waals surface area contributed by atoms with Crippen LogP contribution in [0.3, 0.4) is 0 Å². The van der Waals surface area contributed by atoms with E-state index >= 15 is 0 Å². The second-order valence-electron chi connectivity index (χ2n) is 3.61. The summed E-state index contributed by atoms with van der Waals surface area (Å²) in [7, 11) is 1.62. The summed E-state index contributed by atoms with van der Waals surface area (Å²) in [5, 5.41) is 8.36. The minimum Gasteiger partial charge on any atom is -0.385 e. The minimum absolute atomic E-state index is 0.00682. The minimum atomic E-state index is -0.0923. The zero-order chi connectivity index (χ0) is 12.7. The standard InChI is InChI=1S/C12H17N3O2/c1-9(16)15-11-5-3-10(4-6-11)14-8-7-12(17)13-2/h3-6,14H,7-8H2,1-2H3,(H,13,17)(H,15,16). The second kappa shape index (κ2) is 6.52. The van der Waals surface area contributed by atoms with Gasteiger partial charge in [-0.25, -0.2) is 0 Å². The molecule has 17 heavy (non-hydrogen) atoms. The smallest absolute Gasteiger partial charge is 0.221 e. The lowest BCUT2D eigenvalue weighted by molar-refractivity contribution is -0.120. The van der Waals surface area contributed by atoms with Crippen LogP contribution in [0, 0.1) is 0 Å². The lowest BCUT2D eigenvalue weighted by Crippen LogP contribution is -2.20. The lowest BCUT2D eigenvalue weighted by Gasteiger charge is -2.07. The van der Waals surface area contributed by atoms with Crippen LogP contribution in [0.15, 0.2) is 24.3 Å². The van der Waals surface area contributed by atoms with Gasteiger partial charge in [0.05, 0.1) is 0 Å². The number of rotatable bonds is 5. The van der Waals surface area contributed by atoms with Crippen LogP contribution >= 0.6 is 0 Å². The first kappa shape index (κ1) is 13.0. The molecule has 0 aromatic heterocycles. The number of hydrogen-bond acceptors (Lipinski definition) is 3. The van der Waals surface area contributed by atoms with Crippen LogP contribution in [0.25, 0.3) is 0 Å². The Morgan fingerprint density at radius 1 is 1.12 bits per heavy atom. The van der Waals surface area contributed by atoms with Gasteiger partial charge in [-0.2, -0.15) is 0 Å². The van der Waals surface area contributed by atoms with Crippen molar-refractivity contribution in [2.75, 3.05) is 24.2 Å². The molecule has 0 saturated carbocycles. The number of carbonyl (C=O) groups excluding carboxylic acids is 2. The van der Waals surface area contributed by atoms with Gasteiger partial charge in [0.2, 0.25) is 11.8 Å². The Morgan fingerprint density at radius 2 is 1.71 bits per heavy atom. The topological polar surface area (TPSA) is 70.2 Å². The molecule has 0 aliphatic heterocycles. The van der Waals surface area contributed by atoms with Crippen LogP contribution in [0.1, 0.15) is 13.3 Å². The quantitative estimate of drug-likeness (QED) is 0.718. The highest BCUT2D eigenvalue weighted by atomic mass is 16.2. The van der Waals surface area contributed by atoms with Gasteiger partial charge in [0.15, 0.2) is 0 Å². The van der Waals surface area contributed by atoms with E-state index in [1.807, 2.05) is 24.3 Å². The summed E-state index contributed by atoms with van der Waals surface area (Å²) in [4.78, 5) is 21.8. The van der Waals surface area contributed by atoms with E-state index in [1.165, 1.54) is 6.92 Å². The molecule has 0 aliphatic rings. The van der Waals surface area contributed by atoms with Gasteiger partial charge in [-0.3, -0.25) is 9.59 Å². The van der Waals surface area contributed by atoms with Crippen molar-refractivity contribution < 1.29 is 9.59 Å². The molecule has 5 heteroatoms. The molecular weight excluding hydrogens is 218 g/mol. The number of benzene rings is 1. The average Bonchev–Trinajstić information content (AvgIpc) is 2.30. The largest absolute Gasteiger partial charge is 0.385 e. The van der Waals surface area contributed by atoms with E-state index in [1.54, 1.807) is 7.05 Å². The fraction of sp³-hybridized carbons (Fsp3) is 0.333. The summed E-state index contributed by atoms with van der Waals surface area (Å²) >= 11 is 0. The van der Waals surface area contributed by atoms with Crippen molar-refractivity contribution in [1.82, 2.24) is 5.32 Å². The predicted molar refractivity (Wildman–Crippen MR) is 67.9 cm³/mol. The Balaban J connectivity index is 2.40. The first-order valence-corrected chi connectivity index (χ1v) is 5.44. The molecule has 0 spiro atoms. The van der Waals surface area contributed by atoms with Crippen molar-refractivity contribution in [1.29, 1.82) is 0 Å². The Morgan fingerprint density at radius 3 is 2.24 bits per heavy atom. The fourth-order valence-electron chi connectivity index (χ4n) is 1.32. The summed E-state index contributed by atoms with van der Waals surface area (Å²) in [5.41, 5.74) is 1.68. The van der Waals surface area contributed by atoms with Crippen LogP contribution in [0.5, 0.6) is 0 Å². The van der Waals surface area contributed by atoms with E-state index < -0.39 is 0 Å². The maximum absolute atomic E-state index is 11.0. The maximum Gasteiger partial charge on any atom is 0.221 e. The Hall–Kier alpha value is -2.04. The van der Waals surface area contributed by atoms with E-state index in [2.05, 4.69) is 16.0 Å². The highest BCUT2D eigenvalue weighted by Crippen LogP contribution is 2.13. The molecular formula is C12H17N3O2. The highest BCUT2D eigenvalue weighted by molar-refractivity contribution is 5.88. The molecule has 0 saturated heterocycles. The molecule has 3 N–H and O–H groups in total. The van der Waals surface area contributed by atoms with Crippen molar-refractivity contribution in [3.63, 3.8) is 0 Å². The van der Waals surface area contributed by atoms with Crippen LogP contribution in [0.4, 0.5) is 11.4 Å². The van der Waals surface area contributed by atoms with Gasteiger partial charge in [0.1, 0.15) is 0 Å². The molecule has 1 aromatic carbocycles. The van der Waals surface area contributed by atoms with Crippen LogP contribution in [-0.2, 0) is 9.59 Å². The van der Waals surface area contributed by atoms with Crippen molar-refractivity contribution in [3.05, 3.63) is 24.3 Å². The molecule has 0 atom stereocenters. The monoisotopic (exact) mass is 235 g/mol. The van der Waals surface area contributed by atoms with Gasteiger partial charge in [-0.1, -0.05) is 0 Å². The Bertz CT molecular complexity index is 387. The second-order valence-corrected chi connectivity index (χ2v) is 3.61. The maximum atomic E-state index is 11.0. The van der Waals surface area contributed by atoms with Crippen molar-refractivity contribution in [3.8, 4) is 0 Å². The van der Waals surface area contributed by atoms with Gasteiger partial charge in [-0.05, 0) is 24.3 Å². The van der Waals surface area contributed by atoms with E-state index in [9.17, 15) is 9.59 Å². The summed E-state index contributed by atoms with van der Waals surface area (Å²) in [6.45, 7) is 2.05. The molecule has 0 fully saturated rings. The third kappa shape index (κ3) is 5.01. The molecule has 0 heterocycles. The molecule has 0 radical (unpaired) electrons. The van der Waals surface area contributed by atoms with Crippen LogP contribution < -0.4 is 16.0 Å². The first-order chi connectivity index (χ1) is 8.11. The molecule has 1 aromatic rings. The van der Waals surface area contributed by atoms with Crippen LogP contribution in [0.2, 0.25) is 0 Å². The molecule has 1 rings (SSSR count). The third-order valence-electron chi connectivity index (χ3n) is 2.17. The summed E-state index contributed by atoms with van der Waals surface area (Å²) in [6.07, 6.45) is 0.434. The summed E-state index contributed by atoms with van der Waals surface area (Å²) in [5.74, 6) is -0.0855. The average molecular weight is 235 g/mol. The molecule has 92 valence electrons. The lowest BCUT2D eigenvalue weighted by atomic mass is 10.2. The zero-order valence-electron chi connectivity index (χ0n) is 10.0. The van der Waals surface area contributed by atoms with Crippen molar-refractivity contribution in [2.24, 2.45) is 0 Å². The molecule has 5 nitrogen and oxygen atoms in total. The van der Waals surface area contributed by atoms with E-state index in [4.69, 9.17) is 0 Å². The predicted octanol–water partition coefficient (Wildman–Crippen LogP) is 1.19.